The molecule has 0 saturated heterocycles. The molecular weight excluding hydrogens is 360 g/mol. The zero-order valence-corrected chi connectivity index (χ0v) is 16.4. The van der Waals surface area contributed by atoms with Gasteiger partial charge in [-0.05, 0) is 32.1 Å². The zero-order chi connectivity index (χ0) is 20.9. The summed E-state index contributed by atoms with van der Waals surface area (Å²) in [5.74, 6) is -0.796. The highest BCUT2D eigenvalue weighted by Crippen LogP contribution is 2.03. The van der Waals surface area contributed by atoms with E-state index in [9.17, 15) is 4.79 Å². The largest absolute Gasteiger partial charge is 0.481 e. The maximum atomic E-state index is 10.4. The lowest BCUT2D eigenvalue weighted by atomic mass is 10.2. The normalized spacial score (nSPS) is 15.2. The van der Waals surface area contributed by atoms with Crippen LogP contribution in [0.25, 0.3) is 0 Å². The van der Waals surface area contributed by atoms with Gasteiger partial charge in [0.15, 0.2) is 0 Å². The Hall–Kier alpha value is -2.25. The molecule has 6 nitrogen and oxygen atoms in total. The molecule has 0 spiro atoms. The van der Waals surface area contributed by atoms with E-state index in [0.29, 0.717) is 25.7 Å². The Morgan fingerprint density at radius 1 is 0.821 bits per heavy atom. The summed E-state index contributed by atoms with van der Waals surface area (Å²) in [6, 6.07) is 0. The number of allylic oxidation sites excluding steroid dienone is 9. The van der Waals surface area contributed by atoms with Crippen molar-refractivity contribution in [3.8, 4) is 0 Å². The van der Waals surface area contributed by atoms with Gasteiger partial charge in [-0.3, -0.25) is 15.3 Å². The van der Waals surface area contributed by atoms with Crippen molar-refractivity contribution in [2.24, 2.45) is 0 Å². The van der Waals surface area contributed by atoms with Crippen LogP contribution in [0.3, 0.4) is 0 Å². The topological polar surface area (TPSA) is 96.2 Å². The predicted molar refractivity (Wildman–Crippen MR) is 111 cm³/mol. The Morgan fingerprint density at radius 3 is 1.96 bits per heavy atom. The van der Waals surface area contributed by atoms with E-state index in [2.05, 4.69) is 9.78 Å². The molecular formula is C22H32O6. The minimum Gasteiger partial charge on any atom is -0.481 e. The van der Waals surface area contributed by atoms with E-state index < -0.39 is 12.1 Å². The van der Waals surface area contributed by atoms with Crippen LogP contribution in [0, 0.1) is 0 Å². The van der Waals surface area contributed by atoms with E-state index in [1.54, 1.807) is 12.2 Å². The highest BCUT2D eigenvalue weighted by atomic mass is 17.1. The van der Waals surface area contributed by atoms with Gasteiger partial charge < -0.3 is 5.11 Å². The molecule has 28 heavy (non-hydrogen) atoms. The molecule has 0 fully saturated rings. The minimum atomic E-state index is -0.796. The van der Waals surface area contributed by atoms with Gasteiger partial charge in [-0.25, -0.2) is 9.78 Å². The van der Waals surface area contributed by atoms with Crippen molar-refractivity contribution in [2.45, 2.75) is 57.7 Å². The number of carboxylic acids is 1. The molecule has 0 radical (unpaired) electrons. The third-order valence-electron chi connectivity index (χ3n) is 3.59. The van der Waals surface area contributed by atoms with E-state index in [1.807, 2.05) is 67.7 Å². The van der Waals surface area contributed by atoms with Gasteiger partial charge in [0.2, 0.25) is 0 Å². The fourth-order valence-corrected chi connectivity index (χ4v) is 2.00. The summed E-state index contributed by atoms with van der Waals surface area (Å²) in [5.41, 5.74) is 0. The van der Waals surface area contributed by atoms with Crippen LogP contribution in [0.15, 0.2) is 72.9 Å². The van der Waals surface area contributed by atoms with Crippen molar-refractivity contribution < 1.29 is 30.2 Å². The number of hydrogen-bond acceptors (Lipinski definition) is 5. The lowest BCUT2D eigenvalue weighted by Crippen LogP contribution is -2.04. The Bertz CT molecular complexity index is 553. The van der Waals surface area contributed by atoms with Crippen LogP contribution in [0.2, 0.25) is 0 Å². The molecule has 0 aromatic rings. The summed E-state index contributed by atoms with van der Waals surface area (Å²) in [5, 5.41) is 26.0. The first-order valence-electron chi connectivity index (χ1n) is 9.42. The van der Waals surface area contributed by atoms with Crippen molar-refractivity contribution in [2.75, 3.05) is 0 Å². The fraction of sp³-hybridized carbons (Fsp3) is 0.409. The summed E-state index contributed by atoms with van der Waals surface area (Å²) in [4.78, 5) is 19.0. The molecule has 156 valence electrons. The molecule has 3 N–H and O–H groups in total. The highest BCUT2D eigenvalue weighted by molar-refractivity contribution is 5.66. The first kappa shape index (κ1) is 25.8. The summed E-state index contributed by atoms with van der Waals surface area (Å²) >= 11 is 0. The van der Waals surface area contributed by atoms with Gasteiger partial charge >= 0.3 is 5.97 Å². The van der Waals surface area contributed by atoms with Crippen LogP contribution in [0.5, 0.6) is 0 Å². The van der Waals surface area contributed by atoms with Crippen molar-refractivity contribution in [1.29, 1.82) is 0 Å². The number of carbonyl (C=O) groups is 1. The molecule has 0 saturated carbocycles. The van der Waals surface area contributed by atoms with E-state index >= 15 is 0 Å². The second-order valence-electron chi connectivity index (χ2n) is 5.90. The molecule has 0 heterocycles. The monoisotopic (exact) mass is 392 g/mol. The molecule has 0 rings (SSSR count). The number of hydrogen-bond donors (Lipinski definition) is 3. The van der Waals surface area contributed by atoms with Crippen LogP contribution in [-0.2, 0) is 14.6 Å². The summed E-state index contributed by atoms with van der Waals surface area (Å²) in [7, 11) is 0. The average Bonchev–Trinajstić information content (AvgIpc) is 2.69. The molecule has 0 bridgehead atoms. The maximum Gasteiger partial charge on any atom is 0.303 e. The van der Waals surface area contributed by atoms with E-state index in [1.165, 1.54) is 0 Å². The Morgan fingerprint density at radius 2 is 1.39 bits per heavy atom. The van der Waals surface area contributed by atoms with Gasteiger partial charge in [0.25, 0.3) is 0 Å². The quantitative estimate of drug-likeness (QED) is 0.139. The summed E-state index contributed by atoms with van der Waals surface area (Å²) in [6.45, 7) is 1.92. The molecule has 0 aliphatic rings. The fourth-order valence-electron chi connectivity index (χ4n) is 2.00. The second kappa shape index (κ2) is 19.5. The van der Waals surface area contributed by atoms with Crippen molar-refractivity contribution in [3.05, 3.63) is 72.9 Å². The van der Waals surface area contributed by atoms with Crippen LogP contribution in [-0.4, -0.2) is 33.8 Å². The van der Waals surface area contributed by atoms with Gasteiger partial charge in [0.1, 0.15) is 12.2 Å². The molecule has 0 aliphatic carbocycles. The number of aliphatic carboxylic acids is 1. The third kappa shape index (κ3) is 17.2. The van der Waals surface area contributed by atoms with Crippen molar-refractivity contribution >= 4 is 5.97 Å². The first-order valence-corrected chi connectivity index (χ1v) is 9.42. The van der Waals surface area contributed by atoms with Crippen LogP contribution < -0.4 is 0 Å². The average molecular weight is 392 g/mol. The van der Waals surface area contributed by atoms with Crippen LogP contribution >= 0.6 is 0 Å². The van der Waals surface area contributed by atoms with E-state index in [0.717, 1.165) is 6.42 Å². The van der Waals surface area contributed by atoms with E-state index in [-0.39, 0.29) is 12.5 Å². The molecule has 0 aromatic carbocycles. The standard InChI is InChI=1S/C22H32O6/c1-2-20(27-25)16-12-8-4-3-5-9-13-17-21(28-26)18-14-10-6-7-11-15-19-22(23)24/h4-5,7-14,16-17,20-21,25-26H,2-3,6,15,18-19H2,1H3,(H,23,24)/b8-4-,9-5-,11-7-,14-10-,16-12-,17-13-. The molecule has 0 aromatic heterocycles. The third-order valence-corrected chi connectivity index (χ3v) is 3.59. The Labute approximate surface area is 167 Å². The van der Waals surface area contributed by atoms with Crippen molar-refractivity contribution in [3.63, 3.8) is 0 Å². The van der Waals surface area contributed by atoms with Gasteiger partial charge in [0.05, 0.1) is 0 Å². The maximum absolute atomic E-state index is 10.4. The smallest absolute Gasteiger partial charge is 0.303 e. The van der Waals surface area contributed by atoms with Gasteiger partial charge in [-0.1, -0.05) is 79.8 Å². The molecule has 0 aliphatic heterocycles. The number of carboxylic acid groups (broad SMARTS) is 1. The molecule has 2 atom stereocenters. The van der Waals surface area contributed by atoms with Gasteiger partial charge in [-0.15, -0.1) is 0 Å². The van der Waals surface area contributed by atoms with Crippen molar-refractivity contribution in [1.82, 2.24) is 0 Å². The molecule has 0 amide bonds. The van der Waals surface area contributed by atoms with Gasteiger partial charge in [-0.2, -0.15) is 0 Å². The first-order chi connectivity index (χ1) is 13.6. The van der Waals surface area contributed by atoms with Crippen LogP contribution in [0.4, 0.5) is 0 Å². The van der Waals surface area contributed by atoms with Gasteiger partial charge in [0, 0.05) is 6.42 Å². The number of rotatable bonds is 16. The second-order valence-corrected chi connectivity index (χ2v) is 5.90. The Kier molecular flexibility index (Phi) is 17.9. The molecule has 6 heteroatoms. The molecule has 2 unspecified atom stereocenters. The predicted octanol–water partition coefficient (Wildman–Crippen LogP) is 5.49. The zero-order valence-electron chi connectivity index (χ0n) is 16.4. The lowest BCUT2D eigenvalue weighted by Gasteiger charge is -2.03. The SMILES string of the molecule is CCC(/C=C\C=C/C/C=C\C=C/C(C/C=C\C/C=C\CCC(=O)O)OO)OO. The lowest BCUT2D eigenvalue weighted by molar-refractivity contribution is -0.266. The van der Waals surface area contributed by atoms with Crippen LogP contribution in [0.1, 0.15) is 45.4 Å². The minimum absolute atomic E-state index is 0.142. The summed E-state index contributed by atoms with van der Waals surface area (Å²) < 4.78 is 0. The Balaban J connectivity index is 4.01. The van der Waals surface area contributed by atoms with E-state index in [4.69, 9.17) is 15.6 Å². The highest BCUT2D eigenvalue weighted by Gasteiger charge is 2.00. The summed E-state index contributed by atoms with van der Waals surface area (Å²) in [6.07, 6.45) is 25.2.